The lowest BCUT2D eigenvalue weighted by atomic mass is 9.94. The molecule has 1 unspecified atom stereocenters. The molecule has 2 heterocycles. The molecule has 9 heteroatoms. The summed E-state index contributed by atoms with van der Waals surface area (Å²) in [6.07, 6.45) is 1.62. The van der Waals surface area contributed by atoms with Gasteiger partial charge in [-0.25, -0.2) is 13.6 Å². The Kier molecular flexibility index (Phi) is 6.10. The van der Waals surface area contributed by atoms with Gasteiger partial charge < -0.3 is 16.0 Å². The standard InChI is InChI=1S/C19H15F2N5O2.C2H6/c1-9-16(18(27)24-12-3-5-15-10(6-12)8-22-26-15)17(25-19(28)23-9)13-4-2-11(20)7-14(13)21;1-2/h2-8,17H,1H3,(H,22,26)(H,24,27)(H2,23,25,28);1-2H3. The minimum Gasteiger partial charge on any atom is -0.327 e. The van der Waals surface area contributed by atoms with E-state index in [1.807, 2.05) is 13.8 Å². The Morgan fingerprint density at radius 3 is 2.63 bits per heavy atom. The molecular formula is C21H21F2N5O2. The van der Waals surface area contributed by atoms with Crippen molar-refractivity contribution in [2.24, 2.45) is 0 Å². The first-order chi connectivity index (χ1) is 14.4. The van der Waals surface area contributed by atoms with Crippen LogP contribution in [0.1, 0.15) is 32.4 Å². The number of fused-ring (bicyclic) bond motifs is 1. The van der Waals surface area contributed by atoms with Gasteiger partial charge in [0.25, 0.3) is 5.91 Å². The molecule has 0 fully saturated rings. The normalized spacial score (nSPS) is 15.8. The molecule has 0 radical (unpaired) electrons. The van der Waals surface area contributed by atoms with Gasteiger partial charge >= 0.3 is 6.03 Å². The van der Waals surface area contributed by atoms with Crippen LogP contribution in [-0.4, -0.2) is 22.1 Å². The predicted octanol–water partition coefficient (Wildman–Crippen LogP) is 4.13. The number of halogens is 2. The van der Waals surface area contributed by atoms with Crippen LogP contribution in [0.4, 0.5) is 19.3 Å². The van der Waals surface area contributed by atoms with Gasteiger partial charge in [0.1, 0.15) is 11.6 Å². The number of hydrogen-bond acceptors (Lipinski definition) is 3. The molecule has 2 aromatic carbocycles. The fourth-order valence-electron chi connectivity index (χ4n) is 3.18. The van der Waals surface area contributed by atoms with Crippen LogP contribution in [0.2, 0.25) is 0 Å². The van der Waals surface area contributed by atoms with Crippen LogP contribution in [0.3, 0.4) is 0 Å². The summed E-state index contributed by atoms with van der Waals surface area (Å²) in [5.41, 5.74) is 1.71. The number of nitrogens with one attached hydrogen (secondary N) is 4. The quantitative estimate of drug-likeness (QED) is 0.519. The Morgan fingerprint density at radius 2 is 1.90 bits per heavy atom. The second kappa shape index (κ2) is 8.73. The molecule has 0 saturated carbocycles. The highest BCUT2D eigenvalue weighted by atomic mass is 19.1. The average Bonchev–Trinajstić information content (AvgIpc) is 3.16. The van der Waals surface area contributed by atoms with Crippen molar-refractivity contribution in [1.29, 1.82) is 0 Å². The molecule has 4 rings (SSSR count). The van der Waals surface area contributed by atoms with Gasteiger partial charge in [-0.05, 0) is 31.2 Å². The molecule has 0 spiro atoms. The molecule has 1 aliphatic rings. The summed E-state index contributed by atoms with van der Waals surface area (Å²) in [7, 11) is 0. The number of H-pyrrole nitrogens is 1. The molecular weight excluding hydrogens is 392 g/mol. The van der Waals surface area contributed by atoms with Gasteiger partial charge in [-0.2, -0.15) is 5.10 Å². The molecule has 0 aliphatic carbocycles. The van der Waals surface area contributed by atoms with Gasteiger partial charge in [0.15, 0.2) is 0 Å². The van der Waals surface area contributed by atoms with E-state index in [0.29, 0.717) is 11.8 Å². The number of anilines is 1. The highest BCUT2D eigenvalue weighted by molar-refractivity contribution is 6.07. The lowest BCUT2D eigenvalue weighted by molar-refractivity contribution is -0.113. The average molecular weight is 413 g/mol. The maximum atomic E-state index is 14.3. The van der Waals surface area contributed by atoms with Crippen molar-refractivity contribution >= 4 is 28.5 Å². The van der Waals surface area contributed by atoms with Gasteiger partial charge in [0.05, 0.1) is 23.3 Å². The highest BCUT2D eigenvalue weighted by Gasteiger charge is 2.33. The molecule has 1 atom stereocenters. The summed E-state index contributed by atoms with van der Waals surface area (Å²) in [6, 6.07) is 6.53. The van der Waals surface area contributed by atoms with E-state index < -0.39 is 29.6 Å². The van der Waals surface area contributed by atoms with Gasteiger partial charge in [0, 0.05) is 28.4 Å². The number of rotatable bonds is 3. The lowest BCUT2D eigenvalue weighted by Crippen LogP contribution is -2.46. The molecule has 156 valence electrons. The Labute approximate surface area is 171 Å². The molecule has 0 bridgehead atoms. The number of carbonyl (C=O) groups excluding carboxylic acids is 2. The largest absolute Gasteiger partial charge is 0.327 e. The zero-order valence-corrected chi connectivity index (χ0v) is 16.6. The van der Waals surface area contributed by atoms with Crippen LogP contribution in [0, 0.1) is 11.6 Å². The van der Waals surface area contributed by atoms with Gasteiger partial charge in [-0.1, -0.05) is 19.9 Å². The van der Waals surface area contributed by atoms with E-state index in [2.05, 4.69) is 26.1 Å². The van der Waals surface area contributed by atoms with Crippen LogP contribution in [-0.2, 0) is 4.79 Å². The van der Waals surface area contributed by atoms with Crippen LogP contribution in [0.15, 0.2) is 53.9 Å². The first-order valence-electron chi connectivity index (χ1n) is 9.40. The Morgan fingerprint density at radius 1 is 1.13 bits per heavy atom. The number of hydrogen-bond donors (Lipinski definition) is 4. The molecule has 3 aromatic rings. The molecule has 3 amide bonds. The first kappa shape index (κ1) is 21.0. The molecule has 30 heavy (non-hydrogen) atoms. The third kappa shape index (κ3) is 4.14. The number of benzene rings is 2. The van der Waals surface area contributed by atoms with E-state index in [0.717, 1.165) is 17.0 Å². The third-order valence-electron chi connectivity index (χ3n) is 4.49. The maximum absolute atomic E-state index is 14.3. The minimum atomic E-state index is -1.06. The van der Waals surface area contributed by atoms with E-state index in [4.69, 9.17) is 0 Å². The topological polar surface area (TPSA) is 98.9 Å². The van der Waals surface area contributed by atoms with Crippen molar-refractivity contribution in [3.05, 3.63) is 71.1 Å². The van der Waals surface area contributed by atoms with Gasteiger partial charge in [-0.3, -0.25) is 9.89 Å². The summed E-state index contributed by atoms with van der Waals surface area (Å²) in [5.74, 6) is -2.13. The molecule has 0 saturated heterocycles. The Hall–Kier alpha value is -3.75. The van der Waals surface area contributed by atoms with E-state index in [9.17, 15) is 18.4 Å². The van der Waals surface area contributed by atoms with Crippen molar-refractivity contribution < 1.29 is 18.4 Å². The van der Waals surface area contributed by atoms with Crippen molar-refractivity contribution in [2.45, 2.75) is 26.8 Å². The van der Waals surface area contributed by atoms with Crippen molar-refractivity contribution in [3.63, 3.8) is 0 Å². The predicted molar refractivity (Wildman–Crippen MR) is 110 cm³/mol. The van der Waals surface area contributed by atoms with Gasteiger partial charge in [0.2, 0.25) is 0 Å². The fraction of sp³-hybridized carbons (Fsp3) is 0.190. The summed E-state index contributed by atoms with van der Waals surface area (Å²) in [5, 5.41) is 15.3. The first-order valence-corrected chi connectivity index (χ1v) is 9.40. The summed E-state index contributed by atoms with van der Waals surface area (Å²) >= 11 is 0. The number of amides is 3. The van der Waals surface area contributed by atoms with Crippen LogP contribution in [0.5, 0.6) is 0 Å². The summed E-state index contributed by atoms with van der Waals surface area (Å²) in [6.45, 7) is 5.54. The van der Waals surface area contributed by atoms with Crippen LogP contribution in [0.25, 0.3) is 10.9 Å². The number of nitrogens with zero attached hydrogens (tertiary/aromatic N) is 1. The van der Waals surface area contributed by atoms with Crippen LogP contribution >= 0.6 is 0 Å². The fourth-order valence-corrected chi connectivity index (χ4v) is 3.18. The molecule has 4 N–H and O–H groups in total. The van der Waals surface area contributed by atoms with Gasteiger partial charge in [-0.15, -0.1) is 0 Å². The minimum absolute atomic E-state index is 0.00830. The second-order valence-electron chi connectivity index (χ2n) is 6.36. The zero-order valence-electron chi connectivity index (χ0n) is 16.6. The SMILES string of the molecule is CC.CC1=C(C(=O)Nc2ccc3[nH]ncc3c2)C(c2ccc(F)cc2F)NC(=O)N1. The number of allylic oxidation sites excluding steroid dienone is 1. The summed E-state index contributed by atoms with van der Waals surface area (Å²) in [4.78, 5) is 24.8. The summed E-state index contributed by atoms with van der Waals surface area (Å²) < 4.78 is 27.6. The van der Waals surface area contributed by atoms with Crippen LogP contribution < -0.4 is 16.0 Å². The van der Waals surface area contributed by atoms with Crippen molar-refractivity contribution in [2.75, 3.05) is 5.32 Å². The van der Waals surface area contributed by atoms with Crippen molar-refractivity contribution in [1.82, 2.24) is 20.8 Å². The van der Waals surface area contributed by atoms with E-state index in [-0.39, 0.29) is 16.8 Å². The highest BCUT2D eigenvalue weighted by Crippen LogP contribution is 2.30. The number of carbonyl (C=O) groups is 2. The Bertz CT molecular complexity index is 1140. The number of aromatic nitrogens is 2. The molecule has 1 aliphatic heterocycles. The van der Waals surface area contributed by atoms with E-state index >= 15 is 0 Å². The zero-order chi connectivity index (χ0) is 21.8. The van der Waals surface area contributed by atoms with Crippen molar-refractivity contribution in [3.8, 4) is 0 Å². The molecule has 7 nitrogen and oxygen atoms in total. The monoisotopic (exact) mass is 413 g/mol. The van der Waals surface area contributed by atoms with E-state index in [1.165, 1.54) is 6.07 Å². The third-order valence-corrected chi connectivity index (χ3v) is 4.49. The number of aromatic amines is 1. The number of urea groups is 1. The second-order valence-corrected chi connectivity index (χ2v) is 6.36. The smallest absolute Gasteiger partial charge is 0.319 e. The van der Waals surface area contributed by atoms with E-state index in [1.54, 1.807) is 31.3 Å². The maximum Gasteiger partial charge on any atom is 0.319 e. The Balaban J connectivity index is 0.00000124. The molecule has 1 aromatic heterocycles. The lowest BCUT2D eigenvalue weighted by Gasteiger charge is -2.29.